The van der Waals surface area contributed by atoms with Gasteiger partial charge in [-0.25, -0.2) is 4.98 Å². The van der Waals surface area contributed by atoms with E-state index in [0.29, 0.717) is 6.04 Å². The molecule has 0 saturated carbocycles. The van der Waals surface area contributed by atoms with Crippen molar-refractivity contribution in [1.29, 1.82) is 0 Å². The normalized spacial score (nSPS) is 14.8. The summed E-state index contributed by atoms with van der Waals surface area (Å²) in [7, 11) is 0. The molecule has 2 unspecified atom stereocenters. The van der Waals surface area contributed by atoms with Gasteiger partial charge in [-0.15, -0.1) is 11.3 Å². The SMILES string of the molecule is CCCNC(Cc1csc(C)n1)C(C)CCC. The second-order valence-electron chi connectivity index (χ2n) is 4.89. The minimum absolute atomic E-state index is 0.580. The molecule has 0 aliphatic carbocycles. The number of rotatable bonds is 8. The Hall–Kier alpha value is -0.410. The van der Waals surface area contributed by atoms with Crippen LogP contribution in [0.5, 0.6) is 0 Å². The van der Waals surface area contributed by atoms with Crippen molar-refractivity contribution in [1.82, 2.24) is 10.3 Å². The van der Waals surface area contributed by atoms with Crippen LogP contribution in [0.4, 0.5) is 0 Å². The van der Waals surface area contributed by atoms with Crippen molar-refractivity contribution in [2.24, 2.45) is 5.92 Å². The molecule has 0 radical (unpaired) electrons. The predicted molar refractivity (Wildman–Crippen MR) is 76.7 cm³/mol. The molecule has 0 aliphatic heterocycles. The molecule has 0 aliphatic rings. The lowest BCUT2D eigenvalue weighted by Gasteiger charge is -2.24. The summed E-state index contributed by atoms with van der Waals surface area (Å²) in [5.74, 6) is 0.730. The molecule has 0 spiro atoms. The minimum Gasteiger partial charge on any atom is -0.313 e. The zero-order chi connectivity index (χ0) is 12.7. The molecule has 1 N–H and O–H groups in total. The van der Waals surface area contributed by atoms with Crippen molar-refractivity contribution >= 4 is 11.3 Å². The summed E-state index contributed by atoms with van der Waals surface area (Å²) in [5.41, 5.74) is 1.25. The fourth-order valence-electron chi connectivity index (χ4n) is 2.19. The van der Waals surface area contributed by atoms with Crippen LogP contribution in [0.2, 0.25) is 0 Å². The molecular weight excluding hydrogens is 228 g/mol. The Balaban J connectivity index is 2.55. The van der Waals surface area contributed by atoms with Crippen LogP contribution >= 0.6 is 11.3 Å². The van der Waals surface area contributed by atoms with E-state index in [9.17, 15) is 0 Å². The molecule has 2 atom stereocenters. The van der Waals surface area contributed by atoms with E-state index in [-0.39, 0.29) is 0 Å². The maximum absolute atomic E-state index is 4.58. The van der Waals surface area contributed by atoms with Crippen LogP contribution in [-0.4, -0.2) is 17.6 Å². The number of nitrogens with one attached hydrogen (secondary N) is 1. The minimum atomic E-state index is 0.580. The third kappa shape index (κ3) is 5.17. The molecule has 0 amide bonds. The van der Waals surface area contributed by atoms with Gasteiger partial charge in [0.25, 0.3) is 0 Å². The summed E-state index contributed by atoms with van der Waals surface area (Å²) in [6.07, 6.45) is 4.84. The fraction of sp³-hybridized carbons (Fsp3) is 0.786. The Bertz CT molecular complexity index is 309. The van der Waals surface area contributed by atoms with E-state index in [1.807, 2.05) is 0 Å². The second kappa shape index (κ2) is 7.83. The fourth-order valence-corrected chi connectivity index (χ4v) is 2.81. The van der Waals surface area contributed by atoms with Crippen LogP contribution in [0, 0.1) is 12.8 Å². The molecule has 1 aromatic rings. The van der Waals surface area contributed by atoms with E-state index in [2.05, 4.69) is 43.4 Å². The summed E-state index contributed by atoms with van der Waals surface area (Å²) in [5, 5.41) is 7.06. The van der Waals surface area contributed by atoms with Gasteiger partial charge in [-0.1, -0.05) is 27.2 Å². The van der Waals surface area contributed by atoms with Gasteiger partial charge in [0.05, 0.1) is 10.7 Å². The Kier molecular flexibility index (Phi) is 6.75. The molecule has 1 heterocycles. The largest absolute Gasteiger partial charge is 0.313 e. The van der Waals surface area contributed by atoms with Crippen molar-refractivity contribution < 1.29 is 0 Å². The summed E-state index contributed by atoms with van der Waals surface area (Å²) in [6, 6.07) is 0.580. The Morgan fingerprint density at radius 3 is 2.65 bits per heavy atom. The van der Waals surface area contributed by atoms with Gasteiger partial charge >= 0.3 is 0 Å². The number of aromatic nitrogens is 1. The molecule has 2 nitrogen and oxygen atoms in total. The van der Waals surface area contributed by atoms with Gasteiger partial charge in [-0.3, -0.25) is 0 Å². The lowest BCUT2D eigenvalue weighted by Crippen LogP contribution is -2.37. The maximum atomic E-state index is 4.58. The molecule has 0 saturated heterocycles. The van der Waals surface area contributed by atoms with Gasteiger partial charge < -0.3 is 5.32 Å². The summed E-state index contributed by atoms with van der Waals surface area (Å²) < 4.78 is 0. The molecular formula is C14H26N2S. The van der Waals surface area contributed by atoms with Crippen LogP contribution in [-0.2, 0) is 6.42 Å². The van der Waals surface area contributed by atoms with Gasteiger partial charge in [-0.05, 0) is 32.2 Å². The molecule has 1 aromatic heterocycles. The van der Waals surface area contributed by atoms with Crippen molar-refractivity contribution in [3.63, 3.8) is 0 Å². The summed E-state index contributed by atoms with van der Waals surface area (Å²) in [4.78, 5) is 4.58. The zero-order valence-electron chi connectivity index (χ0n) is 11.6. The Morgan fingerprint density at radius 2 is 2.12 bits per heavy atom. The molecule has 3 heteroatoms. The van der Waals surface area contributed by atoms with Gasteiger partial charge in [0.2, 0.25) is 0 Å². The van der Waals surface area contributed by atoms with E-state index < -0.39 is 0 Å². The van der Waals surface area contributed by atoms with Gasteiger partial charge in [-0.2, -0.15) is 0 Å². The van der Waals surface area contributed by atoms with Crippen molar-refractivity contribution in [3.05, 3.63) is 16.1 Å². The number of hydrogen-bond donors (Lipinski definition) is 1. The van der Waals surface area contributed by atoms with Crippen molar-refractivity contribution in [3.8, 4) is 0 Å². The van der Waals surface area contributed by atoms with Gasteiger partial charge in [0.15, 0.2) is 0 Å². The first kappa shape index (κ1) is 14.7. The van der Waals surface area contributed by atoms with Crippen molar-refractivity contribution in [2.45, 2.75) is 59.4 Å². The molecule has 17 heavy (non-hydrogen) atoms. The van der Waals surface area contributed by atoms with Gasteiger partial charge in [0, 0.05) is 17.8 Å². The lowest BCUT2D eigenvalue weighted by atomic mass is 9.93. The highest BCUT2D eigenvalue weighted by Gasteiger charge is 2.17. The average Bonchev–Trinajstić information content (AvgIpc) is 2.70. The topological polar surface area (TPSA) is 24.9 Å². The highest BCUT2D eigenvalue weighted by molar-refractivity contribution is 7.09. The van der Waals surface area contributed by atoms with E-state index in [0.717, 1.165) is 18.9 Å². The second-order valence-corrected chi connectivity index (χ2v) is 5.95. The van der Waals surface area contributed by atoms with Crippen LogP contribution in [0.15, 0.2) is 5.38 Å². The number of aryl methyl sites for hydroxylation is 1. The molecule has 0 aromatic carbocycles. The monoisotopic (exact) mass is 254 g/mol. The standard InChI is InChI=1S/C14H26N2S/c1-5-7-11(3)14(15-8-6-2)9-13-10-17-12(4)16-13/h10-11,14-15H,5-9H2,1-4H3. The maximum Gasteiger partial charge on any atom is 0.0897 e. The molecule has 0 fully saturated rings. The van der Waals surface area contributed by atoms with Crippen LogP contribution in [0.3, 0.4) is 0 Å². The lowest BCUT2D eigenvalue weighted by molar-refractivity contribution is 0.350. The van der Waals surface area contributed by atoms with E-state index in [1.54, 1.807) is 11.3 Å². The first-order valence-corrected chi connectivity index (χ1v) is 7.69. The first-order chi connectivity index (χ1) is 8.17. The molecule has 98 valence electrons. The van der Waals surface area contributed by atoms with Crippen LogP contribution in [0.1, 0.15) is 50.7 Å². The number of nitrogens with zero attached hydrogens (tertiary/aromatic N) is 1. The Morgan fingerprint density at radius 1 is 1.35 bits per heavy atom. The Labute approximate surface area is 110 Å². The summed E-state index contributed by atoms with van der Waals surface area (Å²) in [6.45, 7) is 10.0. The van der Waals surface area contributed by atoms with E-state index >= 15 is 0 Å². The quantitative estimate of drug-likeness (QED) is 0.763. The van der Waals surface area contributed by atoms with Crippen LogP contribution in [0.25, 0.3) is 0 Å². The first-order valence-electron chi connectivity index (χ1n) is 6.81. The highest BCUT2D eigenvalue weighted by atomic mass is 32.1. The zero-order valence-corrected chi connectivity index (χ0v) is 12.4. The third-order valence-corrected chi connectivity index (χ3v) is 4.01. The number of thiazole rings is 1. The third-order valence-electron chi connectivity index (χ3n) is 3.18. The molecule has 0 bridgehead atoms. The van der Waals surface area contributed by atoms with Crippen molar-refractivity contribution in [2.75, 3.05) is 6.54 Å². The van der Waals surface area contributed by atoms with Crippen LogP contribution < -0.4 is 5.32 Å². The highest BCUT2D eigenvalue weighted by Crippen LogP contribution is 2.17. The predicted octanol–water partition coefficient (Wildman–Crippen LogP) is 3.80. The molecule has 1 rings (SSSR count). The van der Waals surface area contributed by atoms with E-state index in [1.165, 1.54) is 30.0 Å². The van der Waals surface area contributed by atoms with Gasteiger partial charge in [0.1, 0.15) is 0 Å². The number of hydrogen-bond acceptors (Lipinski definition) is 3. The van der Waals surface area contributed by atoms with E-state index in [4.69, 9.17) is 0 Å². The summed E-state index contributed by atoms with van der Waals surface area (Å²) >= 11 is 1.76. The smallest absolute Gasteiger partial charge is 0.0897 e. The average molecular weight is 254 g/mol.